The van der Waals surface area contributed by atoms with Gasteiger partial charge in [-0.15, -0.1) is 0 Å². The van der Waals surface area contributed by atoms with Gasteiger partial charge in [-0.1, -0.05) is 24.3 Å². The summed E-state index contributed by atoms with van der Waals surface area (Å²) in [5.74, 6) is -1.24. The highest BCUT2D eigenvalue weighted by Crippen LogP contribution is 2.31. The Balaban J connectivity index is 1.74. The Morgan fingerprint density at radius 2 is 1.78 bits per heavy atom. The lowest BCUT2D eigenvalue weighted by atomic mass is 10.1. The Bertz CT molecular complexity index is 1340. The van der Waals surface area contributed by atoms with Crippen LogP contribution in [-0.2, 0) is 17.6 Å². The first-order valence-electron chi connectivity index (χ1n) is 10.3. The molecule has 3 aromatic rings. The van der Waals surface area contributed by atoms with E-state index in [2.05, 4.69) is 5.32 Å². The van der Waals surface area contributed by atoms with E-state index in [1.165, 1.54) is 37.5 Å². The lowest BCUT2D eigenvalue weighted by Gasteiger charge is -2.12. The van der Waals surface area contributed by atoms with Crippen LogP contribution in [0.1, 0.15) is 27.0 Å². The van der Waals surface area contributed by atoms with E-state index in [1.807, 2.05) is 0 Å². The number of carboxylic acid groups (broad SMARTS) is 1. The minimum Gasteiger partial charge on any atom is -0.493 e. The van der Waals surface area contributed by atoms with Crippen molar-refractivity contribution < 1.29 is 37.3 Å². The lowest BCUT2D eigenvalue weighted by molar-refractivity contribution is -0.137. The van der Waals surface area contributed by atoms with Crippen molar-refractivity contribution in [3.05, 3.63) is 94.6 Å². The van der Waals surface area contributed by atoms with Gasteiger partial charge in [-0.2, -0.15) is 18.4 Å². The average molecular weight is 496 g/mol. The molecule has 0 aliphatic carbocycles. The highest BCUT2D eigenvalue weighted by molar-refractivity contribution is 6.09. The summed E-state index contributed by atoms with van der Waals surface area (Å²) < 4.78 is 49.7. The molecule has 0 bridgehead atoms. The number of anilines is 1. The number of nitriles is 1. The zero-order valence-corrected chi connectivity index (χ0v) is 18.8. The molecule has 0 aromatic heterocycles. The second-order valence-electron chi connectivity index (χ2n) is 7.40. The zero-order valence-electron chi connectivity index (χ0n) is 18.8. The van der Waals surface area contributed by atoms with E-state index in [1.54, 1.807) is 30.3 Å². The van der Waals surface area contributed by atoms with E-state index in [4.69, 9.17) is 14.6 Å². The first-order valence-corrected chi connectivity index (χ1v) is 10.3. The molecule has 7 nitrogen and oxygen atoms in total. The van der Waals surface area contributed by atoms with Crippen LogP contribution in [0.15, 0.2) is 72.3 Å². The molecule has 184 valence electrons. The number of hydrogen-bond acceptors (Lipinski definition) is 5. The third kappa shape index (κ3) is 6.64. The number of halogens is 3. The third-order valence-corrected chi connectivity index (χ3v) is 4.91. The maximum atomic E-state index is 12.9. The molecule has 0 fully saturated rings. The van der Waals surface area contributed by atoms with Gasteiger partial charge in [-0.3, -0.25) is 4.79 Å². The standard InChI is InChI=1S/C26H19F3N2O5/c1-35-23-12-17(7-10-22(23)36-15-16-5-8-18(9-6-16)25(33)34)11-19(14-30)24(32)31-21-4-2-3-20(13-21)26(27,28)29/h2-13H,15H2,1H3,(H,31,32)(H,33,34)/b19-11+. The van der Waals surface area contributed by atoms with Crippen LogP contribution in [0.4, 0.5) is 18.9 Å². The first-order chi connectivity index (χ1) is 17.1. The van der Waals surface area contributed by atoms with Crippen molar-refractivity contribution in [1.82, 2.24) is 0 Å². The van der Waals surface area contributed by atoms with Crippen LogP contribution in [0.2, 0.25) is 0 Å². The Hall–Kier alpha value is -4.78. The number of hydrogen-bond donors (Lipinski definition) is 2. The third-order valence-electron chi connectivity index (χ3n) is 4.91. The van der Waals surface area contributed by atoms with Gasteiger partial charge in [0.2, 0.25) is 0 Å². The number of alkyl halides is 3. The number of aromatic carboxylic acids is 1. The van der Waals surface area contributed by atoms with Gasteiger partial charge in [0.05, 0.1) is 18.2 Å². The van der Waals surface area contributed by atoms with E-state index in [9.17, 15) is 28.0 Å². The van der Waals surface area contributed by atoms with Crippen LogP contribution in [0.25, 0.3) is 6.08 Å². The number of carbonyl (C=O) groups is 2. The summed E-state index contributed by atoms with van der Waals surface area (Å²) in [6.07, 6.45) is -3.31. The largest absolute Gasteiger partial charge is 0.493 e. The molecule has 10 heteroatoms. The number of rotatable bonds is 8. The van der Waals surface area contributed by atoms with E-state index in [0.29, 0.717) is 17.1 Å². The summed E-state index contributed by atoms with van der Waals surface area (Å²) in [5, 5.41) is 20.7. The van der Waals surface area contributed by atoms with Crippen LogP contribution in [0.3, 0.4) is 0 Å². The molecule has 0 saturated carbocycles. The second-order valence-corrected chi connectivity index (χ2v) is 7.40. The van der Waals surface area contributed by atoms with Crippen molar-refractivity contribution in [2.75, 3.05) is 12.4 Å². The monoisotopic (exact) mass is 496 g/mol. The van der Waals surface area contributed by atoms with Gasteiger partial charge in [0.1, 0.15) is 18.2 Å². The predicted octanol–water partition coefficient (Wildman–Crippen LogP) is 5.54. The Morgan fingerprint density at radius 3 is 2.39 bits per heavy atom. The Kier molecular flexibility index (Phi) is 7.96. The van der Waals surface area contributed by atoms with Crippen molar-refractivity contribution in [3.8, 4) is 17.6 Å². The zero-order chi connectivity index (χ0) is 26.3. The number of amides is 1. The van der Waals surface area contributed by atoms with Crippen LogP contribution in [-0.4, -0.2) is 24.1 Å². The number of methoxy groups -OCH3 is 1. The van der Waals surface area contributed by atoms with Crippen LogP contribution >= 0.6 is 0 Å². The molecule has 0 radical (unpaired) electrons. The van der Waals surface area contributed by atoms with E-state index in [-0.39, 0.29) is 23.4 Å². The SMILES string of the molecule is COc1cc(/C=C(\C#N)C(=O)Nc2cccc(C(F)(F)F)c2)ccc1OCc1ccc(C(=O)O)cc1. The smallest absolute Gasteiger partial charge is 0.416 e. The lowest BCUT2D eigenvalue weighted by Crippen LogP contribution is -2.14. The molecule has 0 spiro atoms. The number of nitrogens with zero attached hydrogens (tertiary/aromatic N) is 1. The molecular formula is C26H19F3N2O5. The van der Waals surface area contributed by atoms with Crippen LogP contribution < -0.4 is 14.8 Å². The fourth-order valence-corrected chi connectivity index (χ4v) is 3.08. The number of ether oxygens (including phenoxy) is 2. The molecule has 1 amide bonds. The second kappa shape index (κ2) is 11.1. The van der Waals surface area contributed by atoms with Crippen molar-refractivity contribution in [1.29, 1.82) is 5.26 Å². The van der Waals surface area contributed by atoms with Crippen molar-refractivity contribution in [2.24, 2.45) is 0 Å². The fraction of sp³-hybridized carbons (Fsp3) is 0.115. The van der Waals surface area contributed by atoms with Gasteiger partial charge in [0.25, 0.3) is 5.91 Å². The number of benzene rings is 3. The summed E-state index contributed by atoms with van der Waals surface area (Å²) in [7, 11) is 1.41. The molecule has 0 aliphatic rings. The fourth-order valence-electron chi connectivity index (χ4n) is 3.08. The maximum absolute atomic E-state index is 12.9. The molecular weight excluding hydrogens is 477 g/mol. The molecule has 0 atom stereocenters. The Morgan fingerprint density at radius 1 is 1.06 bits per heavy atom. The minimum atomic E-state index is -4.57. The maximum Gasteiger partial charge on any atom is 0.416 e. The summed E-state index contributed by atoms with van der Waals surface area (Å²) in [4.78, 5) is 23.4. The molecule has 3 aromatic carbocycles. The number of carbonyl (C=O) groups excluding carboxylic acids is 1. The Labute approximate surface area is 204 Å². The average Bonchev–Trinajstić information content (AvgIpc) is 2.86. The summed E-state index contributed by atoms with van der Waals surface area (Å²) in [5.41, 5.74) is -0.0704. The van der Waals surface area contributed by atoms with Gasteiger partial charge in [-0.25, -0.2) is 4.79 Å². The molecule has 3 rings (SSSR count). The topological polar surface area (TPSA) is 109 Å². The minimum absolute atomic E-state index is 0.103. The quantitative estimate of drug-likeness (QED) is 0.313. The van der Waals surface area contributed by atoms with Crippen LogP contribution in [0, 0.1) is 11.3 Å². The van der Waals surface area contributed by atoms with E-state index >= 15 is 0 Å². The van der Waals surface area contributed by atoms with Crippen molar-refractivity contribution in [3.63, 3.8) is 0 Å². The first kappa shape index (κ1) is 25.8. The van der Waals surface area contributed by atoms with E-state index in [0.717, 1.165) is 23.8 Å². The molecule has 0 heterocycles. The van der Waals surface area contributed by atoms with Gasteiger partial charge < -0.3 is 19.9 Å². The summed E-state index contributed by atoms with van der Waals surface area (Å²) in [6, 6.07) is 16.6. The molecule has 2 N–H and O–H groups in total. The molecule has 0 saturated heterocycles. The highest BCUT2D eigenvalue weighted by atomic mass is 19.4. The van der Waals surface area contributed by atoms with Gasteiger partial charge >= 0.3 is 12.1 Å². The molecule has 0 unspecified atom stereocenters. The highest BCUT2D eigenvalue weighted by Gasteiger charge is 2.30. The predicted molar refractivity (Wildman–Crippen MR) is 124 cm³/mol. The van der Waals surface area contributed by atoms with E-state index < -0.39 is 23.6 Å². The van der Waals surface area contributed by atoms with Gasteiger partial charge in [-0.05, 0) is 59.7 Å². The van der Waals surface area contributed by atoms with Crippen molar-refractivity contribution >= 4 is 23.6 Å². The summed E-state index contributed by atoms with van der Waals surface area (Å²) >= 11 is 0. The van der Waals surface area contributed by atoms with Crippen molar-refractivity contribution in [2.45, 2.75) is 12.8 Å². The van der Waals surface area contributed by atoms with Gasteiger partial charge in [0, 0.05) is 5.69 Å². The number of nitrogens with one attached hydrogen (secondary N) is 1. The molecule has 36 heavy (non-hydrogen) atoms. The number of carboxylic acids is 1. The summed E-state index contributed by atoms with van der Waals surface area (Å²) in [6.45, 7) is 0.133. The van der Waals surface area contributed by atoms with Crippen LogP contribution in [0.5, 0.6) is 11.5 Å². The molecule has 0 aliphatic heterocycles. The normalized spacial score (nSPS) is 11.4. The van der Waals surface area contributed by atoms with Gasteiger partial charge in [0.15, 0.2) is 11.5 Å².